The summed E-state index contributed by atoms with van der Waals surface area (Å²) in [6, 6.07) is 39.8. The minimum absolute atomic E-state index is 0.305. The minimum Gasteiger partial charge on any atom is -0.456 e. The summed E-state index contributed by atoms with van der Waals surface area (Å²) in [6.45, 7) is 0. The van der Waals surface area contributed by atoms with Gasteiger partial charge < -0.3 is 8.83 Å². The lowest BCUT2D eigenvalue weighted by atomic mass is 9.96. The molecule has 0 aliphatic heterocycles. The van der Waals surface area contributed by atoms with Gasteiger partial charge in [-0.15, -0.1) is 0 Å². The third-order valence-corrected chi connectivity index (χ3v) is 8.92. The Morgan fingerprint density at radius 3 is 1.86 bits per heavy atom. The highest BCUT2D eigenvalue weighted by atomic mass is 16.3. The van der Waals surface area contributed by atoms with Gasteiger partial charge in [0.2, 0.25) is 0 Å². The Bertz CT molecular complexity index is 2940. The Kier molecular flexibility index (Phi) is 4.39. The summed E-state index contributed by atoms with van der Waals surface area (Å²) < 4.78 is 15.4. The largest absolute Gasteiger partial charge is 0.456 e. The van der Waals surface area contributed by atoms with Crippen molar-refractivity contribution in [2.24, 2.45) is 0 Å². The van der Waals surface area contributed by atoms with Crippen LogP contribution in [0.25, 0.3) is 87.9 Å². The van der Waals surface area contributed by atoms with Crippen LogP contribution in [0.2, 0.25) is 0 Å². The lowest BCUT2D eigenvalue weighted by Crippen LogP contribution is -2.21. The molecule has 0 bridgehead atoms. The molecule has 0 atom stereocenters. The fraction of sp³-hybridized carbons (Fsp3) is 0. The lowest BCUT2D eigenvalue weighted by molar-refractivity contribution is 0.668. The SMILES string of the molecule is O=c1c2ccccc2n2c3cc(-c4cccc5oc6ccc(-c7ccc8oc9ccccc9c8c7)cc6c45)ccc3c(=O)n12. The fourth-order valence-electron chi connectivity index (χ4n) is 6.89. The van der Waals surface area contributed by atoms with Crippen molar-refractivity contribution in [2.75, 3.05) is 0 Å². The third kappa shape index (κ3) is 2.98. The molecule has 0 aliphatic rings. The Morgan fingerprint density at radius 1 is 0.409 bits per heavy atom. The van der Waals surface area contributed by atoms with Crippen LogP contribution in [0.4, 0.5) is 0 Å². The van der Waals surface area contributed by atoms with Crippen molar-refractivity contribution >= 4 is 65.7 Å². The van der Waals surface area contributed by atoms with E-state index in [9.17, 15) is 9.59 Å². The second-order valence-electron chi connectivity index (χ2n) is 11.3. The average Bonchev–Trinajstić information content (AvgIpc) is 3.79. The van der Waals surface area contributed by atoms with Gasteiger partial charge in [0.05, 0.1) is 21.8 Å². The van der Waals surface area contributed by atoms with E-state index in [4.69, 9.17) is 8.83 Å². The normalized spacial score (nSPS) is 12.3. The van der Waals surface area contributed by atoms with Gasteiger partial charge in [0.15, 0.2) is 0 Å². The minimum atomic E-state index is -0.313. The molecule has 206 valence electrons. The Hall–Kier alpha value is -6.14. The van der Waals surface area contributed by atoms with Gasteiger partial charge in [-0.05, 0) is 82.9 Å². The first-order valence-corrected chi connectivity index (χ1v) is 14.4. The molecule has 0 unspecified atom stereocenters. The Morgan fingerprint density at radius 2 is 1.02 bits per heavy atom. The summed E-state index contributed by atoms with van der Waals surface area (Å²) in [5.74, 6) is 0. The topological polar surface area (TPSA) is 69.2 Å². The molecule has 0 fully saturated rings. The molecule has 4 aromatic heterocycles. The summed E-state index contributed by atoms with van der Waals surface area (Å²) in [4.78, 5) is 26.4. The molecule has 6 aromatic carbocycles. The molecule has 0 radical (unpaired) electrons. The van der Waals surface area contributed by atoms with Crippen molar-refractivity contribution in [3.8, 4) is 22.3 Å². The predicted octanol–water partition coefficient (Wildman–Crippen LogP) is 8.64. The summed E-state index contributed by atoms with van der Waals surface area (Å²) in [5, 5.41) is 5.21. The molecule has 10 aromatic rings. The summed E-state index contributed by atoms with van der Waals surface area (Å²) >= 11 is 0. The van der Waals surface area contributed by atoms with Crippen LogP contribution in [0.5, 0.6) is 0 Å². The number of benzene rings is 6. The molecule has 44 heavy (non-hydrogen) atoms. The molecule has 6 nitrogen and oxygen atoms in total. The zero-order chi connectivity index (χ0) is 29.1. The first kappa shape index (κ1) is 23.4. The third-order valence-electron chi connectivity index (χ3n) is 8.92. The molecular formula is C38H20N2O4. The molecular weight excluding hydrogens is 548 g/mol. The van der Waals surface area contributed by atoms with Crippen LogP contribution in [0.1, 0.15) is 0 Å². The zero-order valence-electron chi connectivity index (χ0n) is 23.1. The van der Waals surface area contributed by atoms with Gasteiger partial charge in [-0.2, -0.15) is 4.52 Å². The number of furan rings is 2. The van der Waals surface area contributed by atoms with Gasteiger partial charge in [0.1, 0.15) is 22.3 Å². The number of aromatic nitrogens is 2. The number of rotatable bonds is 2. The van der Waals surface area contributed by atoms with Crippen LogP contribution < -0.4 is 11.1 Å². The van der Waals surface area contributed by atoms with Crippen molar-refractivity contribution in [3.63, 3.8) is 0 Å². The molecule has 6 heteroatoms. The highest BCUT2D eigenvalue weighted by Crippen LogP contribution is 2.40. The van der Waals surface area contributed by atoms with Crippen LogP contribution in [-0.4, -0.2) is 9.03 Å². The van der Waals surface area contributed by atoms with E-state index >= 15 is 0 Å². The van der Waals surface area contributed by atoms with Crippen LogP contribution in [0.15, 0.2) is 140 Å². The van der Waals surface area contributed by atoms with E-state index in [-0.39, 0.29) is 11.1 Å². The second-order valence-corrected chi connectivity index (χ2v) is 11.3. The highest BCUT2D eigenvalue weighted by Gasteiger charge is 2.19. The first-order chi connectivity index (χ1) is 21.6. The van der Waals surface area contributed by atoms with Gasteiger partial charge in [-0.1, -0.05) is 60.7 Å². The van der Waals surface area contributed by atoms with Crippen LogP contribution in [0.3, 0.4) is 0 Å². The van der Waals surface area contributed by atoms with E-state index in [2.05, 4.69) is 36.4 Å². The van der Waals surface area contributed by atoms with Gasteiger partial charge >= 0.3 is 0 Å². The van der Waals surface area contributed by atoms with Crippen LogP contribution >= 0.6 is 0 Å². The molecule has 0 saturated carbocycles. The average molecular weight is 569 g/mol. The van der Waals surface area contributed by atoms with Gasteiger partial charge in [0, 0.05) is 21.5 Å². The van der Waals surface area contributed by atoms with Gasteiger partial charge in [-0.25, -0.2) is 4.52 Å². The number of hydrogen-bond acceptors (Lipinski definition) is 4. The summed E-state index contributed by atoms with van der Waals surface area (Å²) in [7, 11) is 0. The monoisotopic (exact) mass is 568 g/mol. The van der Waals surface area contributed by atoms with Crippen molar-refractivity contribution in [2.45, 2.75) is 0 Å². The van der Waals surface area contributed by atoms with E-state index in [0.717, 1.165) is 66.1 Å². The maximum Gasteiger partial charge on any atom is 0.282 e. The summed E-state index contributed by atoms with van der Waals surface area (Å²) in [5.41, 5.74) is 8.19. The lowest BCUT2D eigenvalue weighted by Gasteiger charge is -2.06. The van der Waals surface area contributed by atoms with Crippen molar-refractivity contribution in [1.29, 1.82) is 0 Å². The molecule has 0 saturated heterocycles. The number of hydrogen-bond donors (Lipinski definition) is 0. The quantitative estimate of drug-likeness (QED) is 0.209. The predicted molar refractivity (Wildman–Crippen MR) is 175 cm³/mol. The Balaban J connectivity index is 1.21. The van der Waals surface area contributed by atoms with Gasteiger partial charge in [-0.3, -0.25) is 9.59 Å². The van der Waals surface area contributed by atoms with E-state index in [1.165, 1.54) is 4.52 Å². The molecule has 0 spiro atoms. The van der Waals surface area contributed by atoms with E-state index in [1.807, 2.05) is 78.9 Å². The van der Waals surface area contributed by atoms with E-state index in [0.29, 0.717) is 21.8 Å². The van der Waals surface area contributed by atoms with E-state index in [1.54, 1.807) is 10.6 Å². The molecule has 10 rings (SSSR count). The molecule has 0 amide bonds. The standard InChI is InChI=1S/C38H20N2O4/c41-37-26-7-1-3-9-30(26)39-31-20-23(12-15-27(31)38(42)40(37)39)24-8-5-11-35-36(24)29-19-22(14-17-34(29)44-35)21-13-16-33-28(18-21)25-6-2-4-10-32(25)43-33/h1-20H. The number of nitrogens with zero attached hydrogens (tertiary/aromatic N) is 2. The van der Waals surface area contributed by atoms with Crippen molar-refractivity contribution in [3.05, 3.63) is 142 Å². The smallest absolute Gasteiger partial charge is 0.282 e. The zero-order valence-corrected chi connectivity index (χ0v) is 23.1. The fourth-order valence-corrected chi connectivity index (χ4v) is 6.89. The first-order valence-electron chi connectivity index (χ1n) is 14.4. The number of para-hydroxylation sites is 2. The van der Waals surface area contributed by atoms with Crippen LogP contribution in [0, 0.1) is 0 Å². The number of fused-ring (bicyclic) bond motifs is 11. The Labute approximate surface area is 247 Å². The maximum absolute atomic E-state index is 13.3. The van der Waals surface area contributed by atoms with Crippen molar-refractivity contribution < 1.29 is 8.83 Å². The molecule has 4 heterocycles. The van der Waals surface area contributed by atoms with E-state index < -0.39 is 0 Å². The van der Waals surface area contributed by atoms with Crippen molar-refractivity contribution in [1.82, 2.24) is 9.03 Å². The van der Waals surface area contributed by atoms with Crippen LogP contribution in [-0.2, 0) is 0 Å². The maximum atomic E-state index is 13.3. The molecule has 0 N–H and O–H groups in total. The highest BCUT2D eigenvalue weighted by molar-refractivity contribution is 6.14. The summed E-state index contributed by atoms with van der Waals surface area (Å²) in [6.07, 6.45) is 0. The second kappa shape index (κ2) is 8.24. The van der Waals surface area contributed by atoms with Gasteiger partial charge in [0.25, 0.3) is 11.1 Å². The molecule has 0 aliphatic carbocycles.